The SMILES string of the molecule is COc1c(O)ccc(C)c1C1(CC(=O)O)CC1. The van der Waals surface area contributed by atoms with Crippen molar-refractivity contribution in [3.05, 3.63) is 23.3 Å². The monoisotopic (exact) mass is 236 g/mol. The number of ether oxygens (including phenoxy) is 1. The van der Waals surface area contributed by atoms with E-state index in [1.54, 1.807) is 12.1 Å². The highest BCUT2D eigenvalue weighted by atomic mass is 16.5. The van der Waals surface area contributed by atoms with E-state index in [0.29, 0.717) is 5.75 Å². The second kappa shape index (κ2) is 3.95. The van der Waals surface area contributed by atoms with E-state index in [0.717, 1.165) is 24.0 Å². The third-order valence-electron chi connectivity index (χ3n) is 3.42. The molecule has 0 unspecified atom stereocenters. The lowest BCUT2D eigenvalue weighted by Gasteiger charge is -2.20. The van der Waals surface area contributed by atoms with Gasteiger partial charge in [0.05, 0.1) is 13.5 Å². The molecule has 0 atom stereocenters. The van der Waals surface area contributed by atoms with Gasteiger partial charge in [-0.2, -0.15) is 0 Å². The van der Waals surface area contributed by atoms with Gasteiger partial charge in [0, 0.05) is 11.0 Å². The molecule has 2 rings (SSSR count). The van der Waals surface area contributed by atoms with Gasteiger partial charge in [0.15, 0.2) is 11.5 Å². The molecule has 1 aliphatic rings. The summed E-state index contributed by atoms with van der Waals surface area (Å²) in [6.07, 6.45) is 1.76. The maximum Gasteiger partial charge on any atom is 0.304 e. The number of phenols is 1. The van der Waals surface area contributed by atoms with Gasteiger partial charge in [0.1, 0.15) is 0 Å². The fourth-order valence-electron chi connectivity index (χ4n) is 2.49. The van der Waals surface area contributed by atoms with E-state index in [-0.39, 0.29) is 17.6 Å². The number of aliphatic carboxylic acids is 1. The lowest BCUT2D eigenvalue weighted by atomic mass is 9.88. The van der Waals surface area contributed by atoms with E-state index in [4.69, 9.17) is 9.84 Å². The molecule has 1 aliphatic carbocycles. The second-order valence-electron chi connectivity index (χ2n) is 4.66. The standard InChI is InChI=1S/C13H16O4/c1-8-3-4-9(14)12(17-2)11(8)13(5-6-13)7-10(15)16/h3-4,14H,5-7H2,1-2H3,(H,15,16). The molecule has 4 nitrogen and oxygen atoms in total. The molecule has 0 saturated heterocycles. The van der Waals surface area contributed by atoms with Crippen LogP contribution in [0, 0.1) is 6.92 Å². The number of hydrogen-bond acceptors (Lipinski definition) is 3. The van der Waals surface area contributed by atoms with Crippen LogP contribution < -0.4 is 4.74 Å². The van der Waals surface area contributed by atoms with Gasteiger partial charge in [-0.15, -0.1) is 0 Å². The van der Waals surface area contributed by atoms with Crippen molar-refractivity contribution in [2.45, 2.75) is 31.6 Å². The Morgan fingerprint density at radius 1 is 1.47 bits per heavy atom. The number of carbonyl (C=O) groups is 1. The highest BCUT2D eigenvalue weighted by molar-refractivity contribution is 5.71. The van der Waals surface area contributed by atoms with Crippen LogP contribution in [0.2, 0.25) is 0 Å². The van der Waals surface area contributed by atoms with Crippen molar-refractivity contribution in [1.82, 2.24) is 0 Å². The summed E-state index contributed by atoms with van der Waals surface area (Å²) in [5, 5.41) is 18.7. The van der Waals surface area contributed by atoms with Gasteiger partial charge < -0.3 is 14.9 Å². The molecule has 0 heterocycles. The van der Waals surface area contributed by atoms with E-state index < -0.39 is 5.97 Å². The zero-order valence-electron chi connectivity index (χ0n) is 9.99. The zero-order chi connectivity index (χ0) is 12.6. The molecule has 92 valence electrons. The average molecular weight is 236 g/mol. The van der Waals surface area contributed by atoms with Crippen molar-refractivity contribution >= 4 is 5.97 Å². The Morgan fingerprint density at radius 3 is 2.59 bits per heavy atom. The van der Waals surface area contributed by atoms with Gasteiger partial charge >= 0.3 is 5.97 Å². The first-order chi connectivity index (χ1) is 8.00. The van der Waals surface area contributed by atoms with E-state index in [1.807, 2.05) is 6.92 Å². The lowest BCUT2D eigenvalue weighted by Crippen LogP contribution is -2.15. The molecule has 2 N–H and O–H groups in total. The molecule has 1 aromatic carbocycles. The fourth-order valence-corrected chi connectivity index (χ4v) is 2.49. The van der Waals surface area contributed by atoms with E-state index in [1.165, 1.54) is 7.11 Å². The summed E-state index contributed by atoms with van der Waals surface area (Å²) in [6, 6.07) is 3.38. The smallest absolute Gasteiger partial charge is 0.304 e. The predicted octanol–water partition coefficient (Wildman–Crippen LogP) is 2.22. The summed E-state index contributed by atoms with van der Waals surface area (Å²) in [4.78, 5) is 10.9. The summed E-state index contributed by atoms with van der Waals surface area (Å²) in [5.74, 6) is -0.319. The van der Waals surface area contributed by atoms with Crippen molar-refractivity contribution in [2.75, 3.05) is 7.11 Å². The van der Waals surface area contributed by atoms with Crippen LogP contribution in [0.15, 0.2) is 12.1 Å². The van der Waals surface area contributed by atoms with Crippen molar-refractivity contribution in [3.63, 3.8) is 0 Å². The number of benzene rings is 1. The Hall–Kier alpha value is -1.71. The summed E-state index contributed by atoms with van der Waals surface area (Å²) < 4.78 is 5.22. The van der Waals surface area contributed by atoms with Gasteiger partial charge in [-0.05, 0) is 31.4 Å². The molecule has 0 bridgehead atoms. The van der Waals surface area contributed by atoms with Gasteiger partial charge in [0.25, 0.3) is 0 Å². The molecule has 0 amide bonds. The van der Waals surface area contributed by atoms with Crippen molar-refractivity contribution < 1.29 is 19.7 Å². The molecular formula is C13H16O4. The third-order valence-corrected chi connectivity index (χ3v) is 3.42. The normalized spacial score (nSPS) is 16.6. The Labute approximate surface area is 99.8 Å². The third kappa shape index (κ3) is 1.95. The average Bonchev–Trinajstić information content (AvgIpc) is 3.00. The predicted molar refractivity (Wildman–Crippen MR) is 62.6 cm³/mol. The van der Waals surface area contributed by atoms with E-state index in [2.05, 4.69) is 0 Å². The minimum absolute atomic E-state index is 0.0739. The number of phenolic OH excluding ortho intramolecular Hbond substituents is 1. The number of rotatable bonds is 4. The Morgan fingerprint density at radius 2 is 2.12 bits per heavy atom. The highest BCUT2D eigenvalue weighted by Gasteiger charge is 2.49. The number of carboxylic acid groups (broad SMARTS) is 1. The van der Waals surface area contributed by atoms with Crippen molar-refractivity contribution in [1.29, 1.82) is 0 Å². The minimum Gasteiger partial charge on any atom is -0.504 e. The van der Waals surface area contributed by atoms with E-state index in [9.17, 15) is 9.90 Å². The second-order valence-corrected chi connectivity index (χ2v) is 4.66. The number of methoxy groups -OCH3 is 1. The molecule has 0 aromatic heterocycles. The Kier molecular flexibility index (Phi) is 2.73. The summed E-state index contributed by atoms with van der Waals surface area (Å²) in [5.41, 5.74) is 1.47. The molecule has 1 fully saturated rings. The minimum atomic E-state index is -0.813. The lowest BCUT2D eigenvalue weighted by molar-refractivity contribution is -0.137. The van der Waals surface area contributed by atoms with Gasteiger partial charge in [-0.25, -0.2) is 0 Å². The van der Waals surface area contributed by atoms with Crippen LogP contribution in [0.1, 0.15) is 30.4 Å². The molecule has 0 spiro atoms. The summed E-state index contributed by atoms with van der Waals surface area (Å²) in [6.45, 7) is 1.92. The maximum atomic E-state index is 10.9. The number of carboxylic acids is 1. The first-order valence-corrected chi connectivity index (χ1v) is 5.59. The Balaban J connectivity index is 2.51. The van der Waals surface area contributed by atoms with Crippen molar-refractivity contribution in [3.8, 4) is 11.5 Å². The maximum absolute atomic E-state index is 10.9. The molecular weight excluding hydrogens is 220 g/mol. The van der Waals surface area contributed by atoms with Crippen LogP contribution >= 0.6 is 0 Å². The molecule has 1 saturated carbocycles. The van der Waals surface area contributed by atoms with Crippen LogP contribution in [-0.2, 0) is 10.2 Å². The van der Waals surface area contributed by atoms with Gasteiger partial charge in [0.2, 0.25) is 0 Å². The van der Waals surface area contributed by atoms with Crippen LogP contribution in [0.3, 0.4) is 0 Å². The molecule has 1 aromatic rings. The highest BCUT2D eigenvalue weighted by Crippen LogP contribution is 2.56. The quantitative estimate of drug-likeness (QED) is 0.841. The van der Waals surface area contributed by atoms with Gasteiger partial charge in [-0.1, -0.05) is 6.07 Å². The first kappa shape index (κ1) is 11.8. The number of aromatic hydroxyl groups is 1. The molecule has 17 heavy (non-hydrogen) atoms. The molecule has 0 radical (unpaired) electrons. The van der Waals surface area contributed by atoms with Crippen LogP contribution in [-0.4, -0.2) is 23.3 Å². The van der Waals surface area contributed by atoms with Crippen LogP contribution in [0.5, 0.6) is 11.5 Å². The zero-order valence-corrected chi connectivity index (χ0v) is 9.99. The number of aryl methyl sites for hydroxylation is 1. The first-order valence-electron chi connectivity index (χ1n) is 5.59. The molecule has 0 aliphatic heterocycles. The fraction of sp³-hybridized carbons (Fsp3) is 0.462. The van der Waals surface area contributed by atoms with Crippen LogP contribution in [0.25, 0.3) is 0 Å². The van der Waals surface area contributed by atoms with Gasteiger partial charge in [-0.3, -0.25) is 4.79 Å². The topological polar surface area (TPSA) is 66.8 Å². The van der Waals surface area contributed by atoms with E-state index >= 15 is 0 Å². The Bertz CT molecular complexity index is 461. The van der Waals surface area contributed by atoms with Crippen molar-refractivity contribution in [2.24, 2.45) is 0 Å². The summed E-state index contributed by atoms with van der Waals surface area (Å²) >= 11 is 0. The van der Waals surface area contributed by atoms with Crippen LogP contribution in [0.4, 0.5) is 0 Å². The number of hydrogen-bond donors (Lipinski definition) is 2. The largest absolute Gasteiger partial charge is 0.504 e. The molecule has 4 heteroatoms. The summed E-state index contributed by atoms with van der Waals surface area (Å²) in [7, 11) is 1.49.